The number of anilines is 1. The lowest BCUT2D eigenvalue weighted by Gasteiger charge is -2.25. The van der Waals surface area contributed by atoms with Crippen molar-refractivity contribution in [3.63, 3.8) is 0 Å². The predicted molar refractivity (Wildman–Crippen MR) is 78.7 cm³/mol. The molecule has 21 heavy (non-hydrogen) atoms. The fourth-order valence-electron chi connectivity index (χ4n) is 2.64. The van der Waals surface area contributed by atoms with Crippen molar-refractivity contribution in [3.8, 4) is 11.1 Å². The molecule has 1 aliphatic carbocycles. The van der Waals surface area contributed by atoms with Gasteiger partial charge in [-0.1, -0.05) is 35.9 Å². The molecule has 106 valence electrons. The highest BCUT2D eigenvalue weighted by Crippen LogP contribution is 2.41. The van der Waals surface area contributed by atoms with Crippen LogP contribution in [0.5, 0.6) is 0 Å². The van der Waals surface area contributed by atoms with E-state index in [1.165, 1.54) is 6.07 Å². The Morgan fingerprint density at radius 3 is 2.43 bits per heavy atom. The van der Waals surface area contributed by atoms with Crippen LogP contribution in [0, 0.1) is 0 Å². The van der Waals surface area contributed by atoms with Crippen LogP contribution in [0.15, 0.2) is 36.4 Å². The summed E-state index contributed by atoms with van der Waals surface area (Å²) < 4.78 is 0. The summed E-state index contributed by atoms with van der Waals surface area (Å²) in [6.45, 7) is 1.87. The molecule has 0 saturated heterocycles. The number of carbonyl (C=O) groups excluding carboxylic acids is 2. The summed E-state index contributed by atoms with van der Waals surface area (Å²) in [4.78, 5) is 24.6. The van der Waals surface area contributed by atoms with E-state index < -0.39 is 6.09 Å². The molecule has 1 aliphatic rings. The summed E-state index contributed by atoms with van der Waals surface area (Å²) in [7, 11) is 0. The van der Waals surface area contributed by atoms with Gasteiger partial charge in [-0.25, -0.2) is 0 Å². The van der Waals surface area contributed by atoms with Gasteiger partial charge in [-0.15, -0.1) is 0 Å². The van der Waals surface area contributed by atoms with Gasteiger partial charge in [0, 0.05) is 17.7 Å². The van der Waals surface area contributed by atoms with Crippen molar-refractivity contribution < 1.29 is 14.7 Å². The monoisotopic (exact) mass is 300 g/mol. The molecule has 0 heterocycles. The van der Waals surface area contributed by atoms with E-state index in [9.17, 15) is 14.7 Å². The van der Waals surface area contributed by atoms with Gasteiger partial charge in [0.25, 0.3) is 0 Å². The number of fused-ring (bicyclic) bond motifs is 3. The molecule has 1 amide bonds. The quantitative estimate of drug-likeness (QED) is 0.731. The molecule has 2 aromatic carbocycles. The molecule has 0 saturated carbocycles. The van der Waals surface area contributed by atoms with Crippen molar-refractivity contribution in [2.45, 2.75) is 6.92 Å². The van der Waals surface area contributed by atoms with Crippen LogP contribution in [-0.2, 0) is 0 Å². The van der Waals surface area contributed by atoms with Crippen LogP contribution in [-0.4, -0.2) is 18.4 Å². The van der Waals surface area contributed by atoms with Crippen molar-refractivity contribution >= 4 is 29.2 Å². The van der Waals surface area contributed by atoms with Crippen LogP contribution in [0.4, 0.5) is 10.5 Å². The van der Waals surface area contributed by atoms with Crippen molar-refractivity contribution in [1.82, 2.24) is 0 Å². The maximum absolute atomic E-state index is 12.4. The topological polar surface area (TPSA) is 60.4 Å². The molecule has 0 radical (unpaired) electrons. The summed E-state index contributed by atoms with van der Waals surface area (Å²) >= 11 is 6.20. The molecule has 0 bridgehead atoms. The third-order valence-electron chi connectivity index (χ3n) is 3.62. The number of hydrogen-bond donors (Lipinski definition) is 0. The first-order valence-corrected chi connectivity index (χ1v) is 6.88. The standard InChI is InChI=1S/C16H12ClNO3/c1-2-18(16(20)21)14-8-12-11(7-13(14)17)9-5-3-4-6-10(9)15(12)19/h3-8H,2H2,1H3,(H,20,21)/p-1. The minimum Gasteiger partial charge on any atom is -0.530 e. The Morgan fingerprint density at radius 1 is 1.14 bits per heavy atom. The number of benzene rings is 2. The first-order valence-electron chi connectivity index (χ1n) is 6.50. The van der Waals surface area contributed by atoms with E-state index in [-0.39, 0.29) is 23.0 Å². The number of rotatable bonds is 2. The van der Waals surface area contributed by atoms with E-state index in [2.05, 4.69) is 0 Å². The Kier molecular flexibility index (Phi) is 3.18. The summed E-state index contributed by atoms with van der Waals surface area (Å²) in [5, 5.41) is 11.4. The van der Waals surface area contributed by atoms with Gasteiger partial charge < -0.3 is 14.8 Å². The van der Waals surface area contributed by atoms with Gasteiger partial charge in [-0.3, -0.25) is 4.79 Å². The molecule has 0 spiro atoms. The Bertz CT molecular complexity index is 770. The molecular weight excluding hydrogens is 290 g/mol. The molecule has 2 aromatic rings. The summed E-state index contributed by atoms with van der Waals surface area (Å²) in [6, 6.07) is 10.4. The van der Waals surface area contributed by atoms with Crippen LogP contribution in [0.1, 0.15) is 22.8 Å². The zero-order valence-electron chi connectivity index (χ0n) is 11.2. The zero-order chi connectivity index (χ0) is 15.1. The van der Waals surface area contributed by atoms with E-state index in [0.717, 1.165) is 16.0 Å². The van der Waals surface area contributed by atoms with E-state index in [0.29, 0.717) is 11.1 Å². The average molecular weight is 301 g/mol. The van der Waals surface area contributed by atoms with E-state index in [4.69, 9.17) is 11.6 Å². The van der Waals surface area contributed by atoms with Gasteiger partial charge in [0.05, 0.1) is 10.7 Å². The fraction of sp³-hybridized carbons (Fsp3) is 0.125. The fourth-order valence-corrected chi connectivity index (χ4v) is 2.90. The van der Waals surface area contributed by atoms with E-state index in [1.54, 1.807) is 25.1 Å². The number of ketones is 1. The Labute approximate surface area is 126 Å². The molecule has 0 N–H and O–H groups in total. The Hall–Kier alpha value is -2.33. The highest BCUT2D eigenvalue weighted by Gasteiger charge is 2.28. The lowest BCUT2D eigenvalue weighted by Crippen LogP contribution is -2.41. The van der Waals surface area contributed by atoms with Gasteiger partial charge in [0.15, 0.2) is 5.78 Å². The zero-order valence-corrected chi connectivity index (χ0v) is 12.0. The minimum atomic E-state index is -1.35. The molecule has 0 aliphatic heterocycles. The third-order valence-corrected chi connectivity index (χ3v) is 3.92. The second-order valence-corrected chi connectivity index (χ2v) is 5.14. The van der Waals surface area contributed by atoms with Crippen LogP contribution < -0.4 is 10.0 Å². The van der Waals surface area contributed by atoms with Crippen molar-refractivity contribution in [2.75, 3.05) is 11.4 Å². The number of hydrogen-bond acceptors (Lipinski definition) is 3. The lowest BCUT2D eigenvalue weighted by atomic mass is 10.1. The van der Waals surface area contributed by atoms with Gasteiger partial charge in [0.2, 0.25) is 0 Å². The average Bonchev–Trinajstić information content (AvgIpc) is 2.73. The Balaban J connectivity index is 2.21. The molecule has 5 heteroatoms. The van der Waals surface area contributed by atoms with Gasteiger partial charge >= 0.3 is 0 Å². The van der Waals surface area contributed by atoms with Crippen LogP contribution in [0.25, 0.3) is 11.1 Å². The smallest absolute Gasteiger partial charge is 0.194 e. The van der Waals surface area contributed by atoms with Crippen molar-refractivity contribution in [2.24, 2.45) is 0 Å². The first-order chi connectivity index (χ1) is 10.0. The molecule has 4 nitrogen and oxygen atoms in total. The predicted octanol–water partition coefficient (Wildman–Crippen LogP) is 2.72. The maximum atomic E-state index is 12.4. The highest BCUT2D eigenvalue weighted by atomic mass is 35.5. The number of amides is 1. The number of carbonyl (C=O) groups is 2. The molecular formula is C16H11ClNO3-. The summed E-state index contributed by atoms with van der Waals surface area (Å²) in [6.07, 6.45) is -1.35. The third kappa shape index (κ3) is 1.99. The van der Waals surface area contributed by atoms with E-state index in [1.807, 2.05) is 12.1 Å². The lowest BCUT2D eigenvalue weighted by molar-refractivity contribution is -0.246. The Morgan fingerprint density at radius 2 is 1.81 bits per heavy atom. The first kappa shape index (κ1) is 13.6. The van der Waals surface area contributed by atoms with Crippen LogP contribution in [0.3, 0.4) is 0 Å². The molecule has 0 aromatic heterocycles. The van der Waals surface area contributed by atoms with Gasteiger partial charge in [-0.2, -0.15) is 0 Å². The largest absolute Gasteiger partial charge is 0.530 e. The number of nitrogens with zero attached hydrogens (tertiary/aromatic N) is 1. The summed E-state index contributed by atoms with van der Waals surface area (Å²) in [5.74, 6) is -0.118. The van der Waals surface area contributed by atoms with Crippen molar-refractivity contribution in [1.29, 1.82) is 0 Å². The molecule has 0 atom stereocenters. The highest BCUT2D eigenvalue weighted by molar-refractivity contribution is 6.35. The SMILES string of the molecule is CCN(C(=O)[O-])c1cc2c(cc1Cl)-c1ccccc1C2=O. The second-order valence-electron chi connectivity index (χ2n) is 4.73. The van der Waals surface area contributed by atoms with Gasteiger partial charge in [0.1, 0.15) is 6.09 Å². The number of carboxylic acid groups (broad SMARTS) is 1. The molecule has 0 fully saturated rings. The van der Waals surface area contributed by atoms with Crippen molar-refractivity contribution in [3.05, 3.63) is 52.5 Å². The molecule has 0 unspecified atom stereocenters. The van der Waals surface area contributed by atoms with Crippen LogP contribution in [0.2, 0.25) is 5.02 Å². The second kappa shape index (κ2) is 4.90. The summed E-state index contributed by atoms with van der Waals surface area (Å²) in [5.41, 5.74) is 2.91. The number of halogens is 1. The van der Waals surface area contributed by atoms with E-state index >= 15 is 0 Å². The normalized spacial score (nSPS) is 12.0. The molecule has 3 rings (SSSR count). The minimum absolute atomic E-state index is 0.118. The van der Waals surface area contributed by atoms with Crippen LogP contribution >= 0.6 is 11.6 Å². The van der Waals surface area contributed by atoms with Gasteiger partial charge in [-0.05, 0) is 30.2 Å². The maximum Gasteiger partial charge on any atom is 0.194 e.